The molecule has 1 aromatic carbocycles. The van der Waals surface area contributed by atoms with E-state index in [0.29, 0.717) is 12.0 Å². The van der Waals surface area contributed by atoms with Crippen LogP contribution in [-0.4, -0.2) is 6.04 Å². The monoisotopic (exact) mass is 219 g/mol. The fourth-order valence-corrected chi connectivity index (χ4v) is 1.91. The van der Waals surface area contributed by atoms with Crippen LogP contribution in [0.1, 0.15) is 6.92 Å². The summed E-state index contributed by atoms with van der Waals surface area (Å²) >= 11 is 5.92. The van der Waals surface area contributed by atoms with Gasteiger partial charge in [-0.3, -0.25) is 0 Å². The van der Waals surface area contributed by atoms with Crippen molar-refractivity contribution in [2.75, 3.05) is 5.32 Å². The highest BCUT2D eigenvalue weighted by Gasteiger charge is 2.12. The van der Waals surface area contributed by atoms with Gasteiger partial charge >= 0.3 is 0 Å². The van der Waals surface area contributed by atoms with Crippen LogP contribution in [0, 0.1) is 5.92 Å². The number of rotatable bonds is 3. The molecule has 0 radical (unpaired) electrons. The smallest absolute Gasteiger partial charge is 0.0426 e. The lowest BCUT2D eigenvalue weighted by Gasteiger charge is -2.19. The van der Waals surface area contributed by atoms with Gasteiger partial charge in [0, 0.05) is 22.7 Å². The van der Waals surface area contributed by atoms with Crippen molar-refractivity contribution in [2.45, 2.75) is 13.0 Å². The first-order chi connectivity index (χ1) is 7.25. The summed E-state index contributed by atoms with van der Waals surface area (Å²) in [6, 6.07) is 8.20. The Bertz CT molecular complexity index is 383. The molecule has 1 aliphatic rings. The normalized spacial score (nSPS) is 16.9. The SMILES string of the molecule is CC(Nc1cccc(Cl)c1)C1C=CC=C1. The van der Waals surface area contributed by atoms with Crippen molar-refractivity contribution >= 4 is 17.3 Å². The molecule has 0 heterocycles. The molecule has 2 rings (SSSR count). The van der Waals surface area contributed by atoms with Crippen LogP contribution in [0.15, 0.2) is 48.6 Å². The lowest BCUT2D eigenvalue weighted by molar-refractivity contribution is 0.683. The van der Waals surface area contributed by atoms with Crippen LogP contribution < -0.4 is 5.32 Å². The number of hydrogen-bond acceptors (Lipinski definition) is 1. The van der Waals surface area contributed by atoms with Crippen LogP contribution in [0.2, 0.25) is 5.02 Å². The minimum Gasteiger partial charge on any atom is -0.382 e. The van der Waals surface area contributed by atoms with Gasteiger partial charge in [-0.25, -0.2) is 0 Å². The molecule has 1 atom stereocenters. The maximum absolute atomic E-state index is 5.92. The molecule has 1 N–H and O–H groups in total. The minimum absolute atomic E-state index is 0.387. The molecule has 0 saturated carbocycles. The van der Waals surface area contributed by atoms with E-state index in [2.05, 4.69) is 36.5 Å². The van der Waals surface area contributed by atoms with Gasteiger partial charge < -0.3 is 5.32 Å². The summed E-state index contributed by atoms with van der Waals surface area (Å²) in [6.07, 6.45) is 8.56. The maximum atomic E-state index is 5.92. The van der Waals surface area contributed by atoms with Gasteiger partial charge in [-0.15, -0.1) is 0 Å². The summed E-state index contributed by atoms with van der Waals surface area (Å²) < 4.78 is 0. The molecule has 0 aliphatic heterocycles. The Morgan fingerprint density at radius 2 is 2.00 bits per heavy atom. The third-order valence-corrected chi connectivity index (χ3v) is 2.81. The van der Waals surface area contributed by atoms with Gasteiger partial charge in [0.25, 0.3) is 0 Å². The summed E-state index contributed by atoms with van der Waals surface area (Å²) in [5.74, 6) is 0.476. The molecule has 15 heavy (non-hydrogen) atoms. The summed E-state index contributed by atoms with van der Waals surface area (Å²) in [5.41, 5.74) is 1.07. The van der Waals surface area contributed by atoms with Gasteiger partial charge in [0.05, 0.1) is 0 Å². The number of anilines is 1. The van der Waals surface area contributed by atoms with Crippen molar-refractivity contribution in [3.8, 4) is 0 Å². The number of hydrogen-bond donors (Lipinski definition) is 1. The molecule has 1 aromatic rings. The zero-order chi connectivity index (χ0) is 10.7. The second-order valence-electron chi connectivity index (χ2n) is 3.79. The first-order valence-corrected chi connectivity index (χ1v) is 5.50. The minimum atomic E-state index is 0.387. The zero-order valence-corrected chi connectivity index (χ0v) is 9.41. The third-order valence-electron chi connectivity index (χ3n) is 2.57. The van der Waals surface area contributed by atoms with E-state index in [-0.39, 0.29) is 0 Å². The quantitative estimate of drug-likeness (QED) is 0.814. The molecular formula is C13H14ClN. The van der Waals surface area contributed by atoms with Crippen LogP contribution in [0.4, 0.5) is 5.69 Å². The Kier molecular flexibility index (Phi) is 3.12. The van der Waals surface area contributed by atoms with Gasteiger partial charge in [0.15, 0.2) is 0 Å². The van der Waals surface area contributed by atoms with E-state index in [0.717, 1.165) is 10.7 Å². The zero-order valence-electron chi connectivity index (χ0n) is 8.65. The second kappa shape index (κ2) is 4.54. The molecule has 0 bridgehead atoms. The first-order valence-electron chi connectivity index (χ1n) is 5.13. The highest BCUT2D eigenvalue weighted by atomic mass is 35.5. The first kappa shape index (κ1) is 10.3. The predicted octanol–water partition coefficient (Wildman–Crippen LogP) is 3.88. The molecule has 78 valence electrons. The molecule has 0 saturated heterocycles. The summed E-state index contributed by atoms with van der Waals surface area (Å²) in [7, 11) is 0. The highest BCUT2D eigenvalue weighted by molar-refractivity contribution is 6.30. The van der Waals surface area contributed by atoms with E-state index in [4.69, 9.17) is 11.6 Å². The topological polar surface area (TPSA) is 12.0 Å². The van der Waals surface area contributed by atoms with Crippen LogP contribution in [0.5, 0.6) is 0 Å². The van der Waals surface area contributed by atoms with E-state index in [1.807, 2.05) is 24.3 Å². The van der Waals surface area contributed by atoms with E-state index in [1.54, 1.807) is 0 Å². The van der Waals surface area contributed by atoms with Crippen LogP contribution in [0.3, 0.4) is 0 Å². The molecule has 1 aliphatic carbocycles. The van der Waals surface area contributed by atoms with Crippen molar-refractivity contribution in [3.05, 3.63) is 53.6 Å². The van der Waals surface area contributed by atoms with Gasteiger partial charge in [-0.05, 0) is 25.1 Å². The highest BCUT2D eigenvalue weighted by Crippen LogP contribution is 2.20. The van der Waals surface area contributed by atoms with E-state index < -0.39 is 0 Å². The number of allylic oxidation sites excluding steroid dienone is 2. The van der Waals surface area contributed by atoms with Crippen molar-refractivity contribution in [1.82, 2.24) is 0 Å². The molecule has 1 nitrogen and oxygen atoms in total. The lowest BCUT2D eigenvalue weighted by Crippen LogP contribution is -2.22. The van der Waals surface area contributed by atoms with E-state index in [1.165, 1.54) is 0 Å². The molecule has 0 amide bonds. The Morgan fingerprint density at radius 1 is 1.27 bits per heavy atom. The van der Waals surface area contributed by atoms with Gasteiger partial charge in [-0.1, -0.05) is 42.0 Å². The van der Waals surface area contributed by atoms with Crippen LogP contribution in [-0.2, 0) is 0 Å². The van der Waals surface area contributed by atoms with Crippen molar-refractivity contribution in [3.63, 3.8) is 0 Å². The average molecular weight is 220 g/mol. The van der Waals surface area contributed by atoms with Gasteiger partial charge in [-0.2, -0.15) is 0 Å². The van der Waals surface area contributed by atoms with E-state index in [9.17, 15) is 0 Å². The van der Waals surface area contributed by atoms with E-state index >= 15 is 0 Å². The Morgan fingerprint density at radius 3 is 2.67 bits per heavy atom. The number of nitrogens with one attached hydrogen (secondary N) is 1. The Labute approximate surface area is 95.5 Å². The number of halogens is 1. The fraction of sp³-hybridized carbons (Fsp3) is 0.231. The van der Waals surface area contributed by atoms with Crippen molar-refractivity contribution < 1.29 is 0 Å². The molecule has 0 aromatic heterocycles. The number of benzene rings is 1. The summed E-state index contributed by atoms with van der Waals surface area (Å²) in [6.45, 7) is 2.17. The molecule has 2 heteroatoms. The Balaban J connectivity index is 2.02. The predicted molar refractivity (Wildman–Crippen MR) is 66.3 cm³/mol. The van der Waals surface area contributed by atoms with Gasteiger partial charge in [0.2, 0.25) is 0 Å². The summed E-state index contributed by atoms with van der Waals surface area (Å²) in [5, 5.41) is 4.21. The van der Waals surface area contributed by atoms with Crippen molar-refractivity contribution in [1.29, 1.82) is 0 Å². The second-order valence-corrected chi connectivity index (χ2v) is 4.23. The standard InChI is InChI=1S/C13H14ClN/c1-10(11-5-2-3-6-11)15-13-8-4-7-12(14)9-13/h2-11,15H,1H3. The lowest BCUT2D eigenvalue weighted by atomic mass is 10.0. The molecule has 0 fully saturated rings. The average Bonchev–Trinajstić information content (AvgIpc) is 2.70. The molecular weight excluding hydrogens is 206 g/mol. The summed E-state index contributed by atoms with van der Waals surface area (Å²) in [4.78, 5) is 0. The molecule has 1 unspecified atom stereocenters. The third kappa shape index (κ3) is 2.63. The van der Waals surface area contributed by atoms with Crippen LogP contribution in [0.25, 0.3) is 0 Å². The van der Waals surface area contributed by atoms with Crippen molar-refractivity contribution in [2.24, 2.45) is 5.92 Å². The maximum Gasteiger partial charge on any atom is 0.0426 e. The Hall–Kier alpha value is -1.21. The molecule has 0 spiro atoms. The largest absolute Gasteiger partial charge is 0.382 e. The van der Waals surface area contributed by atoms with Gasteiger partial charge in [0.1, 0.15) is 0 Å². The fourth-order valence-electron chi connectivity index (χ4n) is 1.72. The van der Waals surface area contributed by atoms with Crippen LogP contribution >= 0.6 is 11.6 Å².